The summed E-state index contributed by atoms with van der Waals surface area (Å²) in [4.78, 5) is 11.3. The van der Waals surface area contributed by atoms with E-state index in [2.05, 4.69) is 15.9 Å². The van der Waals surface area contributed by atoms with E-state index in [9.17, 15) is 9.90 Å². The Morgan fingerprint density at radius 1 is 1.37 bits per heavy atom. The molecule has 2 unspecified atom stereocenters. The first-order chi connectivity index (χ1) is 9.11. The second kappa shape index (κ2) is 6.39. The van der Waals surface area contributed by atoms with Crippen LogP contribution in [0.25, 0.3) is 0 Å². The van der Waals surface area contributed by atoms with Gasteiger partial charge in [0.1, 0.15) is 17.4 Å². The molecule has 1 fully saturated rings. The molecule has 2 atom stereocenters. The van der Waals surface area contributed by atoms with Crippen molar-refractivity contribution < 1.29 is 19.4 Å². The van der Waals surface area contributed by atoms with Gasteiger partial charge in [0.15, 0.2) is 0 Å². The van der Waals surface area contributed by atoms with Crippen molar-refractivity contribution in [3.8, 4) is 5.75 Å². The van der Waals surface area contributed by atoms with Crippen LogP contribution in [0, 0.1) is 0 Å². The van der Waals surface area contributed by atoms with Crippen LogP contribution in [0.1, 0.15) is 36.0 Å². The Hall–Kier alpha value is -1.07. The minimum atomic E-state index is -0.985. The van der Waals surface area contributed by atoms with Gasteiger partial charge in [-0.15, -0.1) is 0 Å². The minimum absolute atomic E-state index is 0.0195. The molecule has 0 aromatic heterocycles. The van der Waals surface area contributed by atoms with Crippen LogP contribution >= 0.6 is 15.9 Å². The van der Waals surface area contributed by atoms with Crippen LogP contribution in [0.5, 0.6) is 5.75 Å². The molecule has 0 heterocycles. The molecule has 4 nitrogen and oxygen atoms in total. The standard InChI is InChI=1S/C14H17BrO4/c1-18-9-4-2-5-10(8-9)19-12-7-3-6-11(15)13(12)14(16)17/h3,6-7,9-10H,2,4-5,8H2,1H3,(H,16,17). The van der Waals surface area contributed by atoms with Gasteiger partial charge in [-0.1, -0.05) is 6.07 Å². The van der Waals surface area contributed by atoms with Gasteiger partial charge in [0.25, 0.3) is 0 Å². The number of methoxy groups -OCH3 is 1. The molecule has 5 heteroatoms. The zero-order valence-corrected chi connectivity index (χ0v) is 12.4. The Bertz CT molecular complexity index is 461. The van der Waals surface area contributed by atoms with Crippen LogP contribution in [0.2, 0.25) is 0 Å². The van der Waals surface area contributed by atoms with Crippen molar-refractivity contribution in [3.63, 3.8) is 0 Å². The predicted molar refractivity (Wildman–Crippen MR) is 74.8 cm³/mol. The van der Waals surface area contributed by atoms with Crippen LogP contribution in [0.15, 0.2) is 22.7 Å². The Morgan fingerprint density at radius 2 is 2.11 bits per heavy atom. The largest absolute Gasteiger partial charge is 0.489 e. The number of ether oxygens (including phenoxy) is 2. The molecule has 104 valence electrons. The highest BCUT2D eigenvalue weighted by Gasteiger charge is 2.25. The molecule has 0 radical (unpaired) electrons. The number of aromatic carboxylic acids is 1. The van der Waals surface area contributed by atoms with Gasteiger partial charge in [0.05, 0.1) is 6.10 Å². The van der Waals surface area contributed by atoms with E-state index in [4.69, 9.17) is 9.47 Å². The predicted octanol–water partition coefficient (Wildman–Crippen LogP) is 3.48. The molecule has 0 amide bonds. The van der Waals surface area contributed by atoms with Gasteiger partial charge in [-0.05, 0) is 47.3 Å². The molecule has 1 aromatic rings. The van der Waals surface area contributed by atoms with Crippen LogP contribution in [0.4, 0.5) is 0 Å². The van der Waals surface area contributed by atoms with Crippen molar-refractivity contribution in [1.29, 1.82) is 0 Å². The maximum Gasteiger partial charge on any atom is 0.340 e. The Balaban J connectivity index is 2.14. The van der Waals surface area contributed by atoms with Gasteiger partial charge in [0, 0.05) is 18.0 Å². The minimum Gasteiger partial charge on any atom is -0.489 e. The lowest BCUT2D eigenvalue weighted by Crippen LogP contribution is -2.30. The van der Waals surface area contributed by atoms with Gasteiger partial charge in [-0.3, -0.25) is 0 Å². The third kappa shape index (κ3) is 3.48. The van der Waals surface area contributed by atoms with Crippen molar-refractivity contribution in [2.45, 2.75) is 37.9 Å². The SMILES string of the molecule is COC1CCCC(Oc2cccc(Br)c2C(=O)O)C1. The summed E-state index contributed by atoms with van der Waals surface area (Å²) in [5.74, 6) is -0.565. The number of hydrogen-bond acceptors (Lipinski definition) is 3. The summed E-state index contributed by atoms with van der Waals surface area (Å²) >= 11 is 3.25. The monoisotopic (exact) mass is 328 g/mol. The topological polar surface area (TPSA) is 55.8 Å². The fourth-order valence-electron chi connectivity index (χ4n) is 2.41. The van der Waals surface area contributed by atoms with E-state index in [0.29, 0.717) is 10.2 Å². The normalized spacial score (nSPS) is 23.1. The smallest absolute Gasteiger partial charge is 0.340 e. The van der Waals surface area contributed by atoms with Gasteiger partial charge >= 0.3 is 5.97 Å². The lowest BCUT2D eigenvalue weighted by molar-refractivity contribution is 0.0204. The Morgan fingerprint density at radius 3 is 2.79 bits per heavy atom. The summed E-state index contributed by atoms with van der Waals surface area (Å²) in [6.45, 7) is 0. The average molecular weight is 329 g/mol. The summed E-state index contributed by atoms with van der Waals surface area (Å²) in [5.41, 5.74) is 0.182. The number of carboxylic acid groups (broad SMARTS) is 1. The molecule has 0 bridgehead atoms. The van der Waals surface area contributed by atoms with E-state index in [0.717, 1.165) is 25.7 Å². The van der Waals surface area contributed by atoms with Crippen molar-refractivity contribution in [2.24, 2.45) is 0 Å². The first-order valence-corrected chi connectivity index (χ1v) is 7.12. The van der Waals surface area contributed by atoms with Crippen molar-refractivity contribution in [3.05, 3.63) is 28.2 Å². The van der Waals surface area contributed by atoms with Gasteiger partial charge in [0.2, 0.25) is 0 Å². The number of rotatable bonds is 4. The summed E-state index contributed by atoms with van der Waals surface area (Å²) < 4.78 is 11.8. The fourth-order valence-corrected chi connectivity index (χ4v) is 2.93. The van der Waals surface area contributed by atoms with E-state index in [-0.39, 0.29) is 17.8 Å². The lowest BCUT2D eigenvalue weighted by atomic mass is 9.95. The van der Waals surface area contributed by atoms with Crippen LogP contribution in [-0.2, 0) is 4.74 Å². The lowest BCUT2D eigenvalue weighted by Gasteiger charge is -2.29. The Labute approximate surface area is 120 Å². The van der Waals surface area contributed by atoms with E-state index in [1.807, 2.05) is 0 Å². The fraction of sp³-hybridized carbons (Fsp3) is 0.500. The van der Waals surface area contributed by atoms with E-state index in [1.165, 1.54) is 0 Å². The highest BCUT2D eigenvalue weighted by molar-refractivity contribution is 9.10. The first kappa shape index (κ1) is 14.3. The summed E-state index contributed by atoms with van der Waals surface area (Å²) in [6.07, 6.45) is 4.05. The molecule has 1 N–H and O–H groups in total. The number of benzene rings is 1. The maximum absolute atomic E-state index is 11.3. The van der Waals surface area contributed by atoms with Crippen molar-refractivity contribution in [1.82, 2.24) is 0 Å². The number of carboxylic acids is 1. The first-order valence-electron chi connectivity index (χ1n) is 6.33. The summed E-state index contributed by atoms with van der Waals surface area (Å²) in [7, 11) is 1.70. The highest BCUT2D eigenvalue weighted by Crippen LogP contribution is 2.31. The second-order valence-corrected chi connectivity index (χ2v) is 5.54. The molecule has 1 aromatic carbocycles. The van der Waals surface area contributed by atoms with Crippen molar-refractivity contribution in [2.75, 3.05) is 7.11 Å². The van der Waals surface area contributed by atoms with E-state index in [1.54, 1.807) is 25.3 Å². The van der Waals surface area contributed by atoms with Gasteiger partial charge < -0.3 is 14.6 Å². The zero-order valence-electron chi connectivity index (χ0n) is 10.8. The van der Waals surface area contributed by atoms with Gasteiger partial charge in [-0.25, -0.2) is 4.79 Å². The molecule has 19 heavy (non-hydrogen) atoms. The highest BCUT2D eigenvalue weighted by atomic mass is 79.9. The molecular weight excluding hydrogens is 312 g/mol. The molecule has 0 spiro atoms. The van der Waals surface area contributed by atoms with Gasteiger partial charge in [-0.2, -0.15) is 0 Å². The average Bonchev–Trinajstić information content (AvgIpc) is 2.38. The number of carbonyl (C=O) groups is 1. The zero-order chi connectivity index (χ0) is 13.8. The molecule has 1 aliphatic carbocycles. The van der Waals surface area contributed by atoms with Crippen LogP contribution < -0.4 is 4.74 Å². The Kier molecular flexibility index (Phi) is 4.82. The molecule has 2 rings (SSSR count). The van der Waals surface area contributed by atoms with Crippen LogP contribution in [0.3, 0.4) is 0 Å². The maximum atomic E-state index is 11.3. The molecular formula is C14H17BrO4. The van der Waals surface area contributed by atoms with E-state index >= 15 is 0 Å². The number of halogens is 1. The third-order valence-corrected chi connectivity index (χ3v) is 4.06. The van der Waals surface area contributed by atoms with Crippen LogP contribution in [-0.4, -0.2) is 30.4 Å². The quantitative estimate of drug-likeness (QED) is 0.919. The molecule has 0 saturated heterocycles. The summed E-state index contributed by atoms with van der Waals surface area (Å²) in [6, 6.07) is 5.18. The summed E-state index contributed by atoms with van der Waals surface area (Å²) in [5, 5.41) is 9.24. The molecule has 1 aliphatic rings. The second-order valence-electron chi connectivity index (χ2n) is 4.68. The van der Waals surface area contributed by atoms with Crippen molar-refractivity contribution >= 4 is 21.9 Å². The van der Waals surface area contributed by atoms with E-state index < -0.39 is 5.97 Å². The molecule has 0 aliphatic heterocycles. The number of hydrogen-bond donors (Lipinski definition) is 1. The molecule has 1 saturated carbocycles. The third-order valence-electron chi connectivity index (χ3n) is 3.39.